The Labute approximate surface area is 115 Å². The van der Waals surface area contributed by atoms with Gasteiger partial charge in [0.2, 0.25) is 5.91 Å². The van der Waals surface area contributed by atoms with Gasteiger partial charge in [-0.2, -0.15) is 0 Å². The molecule has 0 radical (unpaired) electrons. The number of hydrogen-bond acceptors (Lipinski definition) is 5. The van der Waals surface area contributed by atoms with Gasteiger partial charge in [0.05, 0.1) is 10.8 Å². The molecule has 1 unspecified atom stereocenters. The van der Waals surface area contributed by atoms with E-state index < -0.39 is 4.92 Å². The van der Waals surface area contributed by atoms with Crippen molar-refractivity contribution in [3.8, 4) is 0 Å². The molecule has 1 amide bonds. The van der Waals surface area contributed by atoms with Crippen LogP contribution in [0, 0.1) is 16.0 Å². The highest BCUT2D eigenvalue weighted by Crippen LogP contribution is 2.28. The average Bonchev–Trinajstić information content (AvgIpc) is 2.46. The molecule has 1 aliphatic heterocycles. The number of nitrogens with two attached hydrogens (primary N) is 1. The summed E-state index contributed by atoms with van der Waals surface area (Å²) in [5.41, 5.74) is 6.05. The fourth-order valence-electron chi connectivity index (χ4n) is 2.47. The molecule has 20 heavy (non-hydrogen) atoms. The summed E-state index contributed by atoms with van der Waals surface area (Å²) in [6.07, 6.45) is 2.12. The van der Waals surface area contributed by atoms with Crippen LogP contribution in [0.3, 0.4) is 0 Å². The number of carbonyl (C=O) groups is 2. The first kappa shape index (κ1) is 14.0. The summed E-state index contributed by atoms with van der Waals surface area (Å²) in [6.45, 7) is 1.14. The molecule has 1 heterocycles. The van der Waals surface area contributed by atoms with Crippen LogP contribution in [-0.2, 0) is 4.79 Å². The van der Waals surface area contributed by atoms with Crippen LogP contribution in [0.1, 0.15) is 23.2 Å². The molecule has 2 rings (SSSR count). The Kier molecular flexibility index (Phi) is 3.97. The molecule has 2 N–H and O–H groups in total. The Bertz CT molecular complexity index is 559. The number of benzene rings is 1. The van der Waals surface area contributed by atoms with Gasteiger partial charge in [-0.05, 0) is 18.9 Å². The lowest BCUT2D eigenvalue weighted by Gasteiger charge is -2.33. The van der Waals surface area contributed by atoms with Crippen LogP contribution in [0.25, 0.3) is 0 Å². The lowest BCUT2D eigenvalue weighted by molar-refractivity contribution is -0.384. The lowest BCUT2D eigenvalue weighted by Crippen LogP contribution is -2.41. The summed E-state index contributed by atoms with van der Waals surface area (Å²) >= 11 is 0. The van der Waals surface area contributed by atoms with Crippen LogP contribution < -0.4 is 10.6 Å². The maximum atomic E-state index is 11.3. The van der Waals surface area contributed by atoms with Crippen LogP contribution in [0.2, 0.25) is 0 Å². The zero-order valence-electron chi connectivity index (χ0n) is 10.8. The highest BCUT2D eigenvalue weighted by molar-refractivity contribution is 5.86. The molecule has 7 nitrogen and oxygen atoms in total. The maximum Gasteiger partial charge on any atom is 0.270 e. The predicted octanol–water partition coefficient (Wildman–Crippen LogP) is 1.11. The number of anilines is 1. The summed E-state index contributed by atoms with van der Waals surface area (Å²) in [5, 5.41) is 10.7. The van der Waals surface area contributed by atoms with Crippen LogP contribution in [0.15, 0.2) is 18.2 Å². The van der Waals surface area contributed by atoms with E-state index in [0.29, 0.717) is 25.1 Å². The van der Waals surface area contributed by atoms with E-state index in [9.17, 15) is 19.7 Å². The third kappa shape index (κ3) is 2.76. The van der Waals surface area contributed by atoms with E-state index >= 15 is 0 Å². The Balaban J connectivity index is 2.29. The van der Waals surface area contributed by atoms with Gasteiger partial charge in [-0.15, -0.1) is 0 Å². The number of nitro groups is 1. The van der Waals surface area contributed by atoms with Gasteiger partial charge in [-0.1, -0.05) is 0 Å². The molecule has 1 aromatic rings. The molecule has 1 aromatic carbocycles. The number of piperidine rings is 1. The zero-order valence-corrected chi connectivity index (χ0v) is 10.8. The zero-order chi connectivity index (χ0) is 14.7. The second kappa shape index (κ2) is 5.68. The van der Waals surface area contributed by atoms with Crippen LogP contribution >= 0.6 is 0 Å². The third-order valence-electron chi connectivity index (χ3n) is 3.51. The van der Waals surface area contributed by atoms with Crippen molar-refractivity contribution in [3.05, 3.63) is 33.9 Å². The summed E-state index contributed by atoms with van der Waals surface area (Å²) in [5.74, 6) is -0.609. The van der Waals surface area contributed by atoms with Gasteiger partial charge in [0, 0.05) is 36.5 Å². The van der Waals surface area contributed by atoms with Crippen molar-refractivity contribution >= 4 is 23.6 Å². The molecule has 0 bridgehead atoms. The number of amides is 1. The van der Waals surface area contributed by atoms with Crippen LogP contribution in [-0.4, -0.2) is 30.2 Å². The molecule has 0 aliphatic carbocycles. The summed E-state index contributed by atoms with van der Waals surface area (Å²) < 4.78 is 0. The fourth-order valence-corrected chi connectivity index (χ4v) is 2.47. The quantitative estimate of drug-likeness (QED) is 0.504. The number of primary amides is 1. The fraction of sp³-hybridized carbons (Fsp3) is 0.385. The Morgan fingerprint density at radius 3 is 2.85 bits per heavy atom. The highest BCUT2D eigenvalue weighted by atomic mass is 16.6. The average molecular weight is 277 g/mol. The Morgan fingerprint density at radius 1 is 1.50 bits per heavy atom. The minimum absolute atomic E-state index is 0.126. The van der Waals surface area contributed by atoms with E-state index in [1.165, 1.54) is 12.1 Å². The van der Waals surface area contributed by atoms with Crippen molar-refractivity contribution in [2.24, 2.45) is 11.7 Å². The molecule has 1 fully saturated rings. The van der Waals surface area contributed by atoms with E-state index in [1.54, 1.807) is 6.07 Å². The minimum atomic E-state index is -0.542. The van der Waals surface area contributed by atoms with Crippen molar-refractivity contribution in [1.82, 2.24) is 0 Å². The number of rotatable bonds is 4. The number of nitrogens with zero attached hydrogens (tertiary/aromatic N) is 2. The molecule has 0 spiro atoms. The van der Waals surface area contributed by atoms with E-state index in [0.717, 1.165) is 12.8 Å². The van der Waals surface area contributed by atoms with Gasteiger partial charge in [0.15, 0.2) is 6.29 Å². The van der Waals surface area contributed by atoms with Crippen molar-refractivity contribution in [2.45, 2.75) is 12.8 Å². The van der Waals surface area contributed by atoms with Crippen molar-refractivity contribution < 1.29 is 14.5 Å². The Hall–Kier alpha value is -2.44. The molecule has 0 saturated carbocycles. The lowest BCUT2D eigenvalue weighted by atomic mass is 9.96. The van der Waals surface area contributed by atoms with Gasteiger partial charge < -0.3 is 10.6 Å². The molecule has 0 aromatic heterocycles. The third-order valence-corrected chi connectivity index (χ3v) is 3.51. The number of non-ortho nitro benzene ring substituents is 1. The SMILES string of the molecule is NC(=O)C1CCCN(c2ccc([N+](=O)[O-])cc2C=O)C1. The normalized spacial score (nSPS) is 18.6. The van der Waals surface area contributed by atoms with Gasteiger partial charge in [0.1, 0.15) is 0 Å². The summed E-state index contributed by atoms with van der Waals surface area (Å²) in [7, 11) is 0. The summed E-state index contributed by atoms with van der Waals surface area (Å²) in [6, 6.07) is 4.15. The molecule has 1 saturated heterocycles. The first-order valence-corrected chi connectivity index (χ1v) is 6.31. The molecular formula is C13H15N3O4. The smallest absolute Gasteiger partial charge is 0.270 e. The van der Waals surface area contributed by atoms with Crippen molar-refractivity contribution in [3.63, 3.8) is 0 Å². The van der Waals surface area contributed by atoms with Crippen molar-refractivity contribution in [1.29, 1.82) is 0 Å². The van der Waals surface area contributed by atoms with E-state index in [-0.39, 0.29) is 23.1 Å². The maximum absolute atomic E-state index is 11.3. The molecule has 7 heteroatoms. The first-order valence-electron chi connectivity index (χ1n) is 6.31. The molecule has 1 atom stereocenters. The topological polar surface area (TPSA) is 107 Å². The van der Waals surface area contributed by atoms with Gasteiger partial charge in [0.25, 0.3) is 5.69 Å². The molecule has 1 aliphatic rings. The number of carbonyl (C=O) groups excluding carboxylic acids is 2. The predicted molar refractivity (Wildman–Crippen MR) is 72.6 cm³/mol. The van der Waals surface area contributed by atoms with E-state index in [1.807, 2.05) is 4.90 Å². The summed E-state index contributed by atoms with van der Waals surface area (Å²) in [4.78, 5) is 34.4. The second-order valence-corrected chi connectivity index (χ2v) is 4.81. The van der Waals surface area contributed by atoms with Crippen molar-refractivity contribution in [2.75, 3.05) is 18.0 Å². The molecular weight excluding hydrogens is 262 g/mol. The monoisotopic (exact) mass is 277 g/mol. The van der Waals surface area contributed by atoms with Gasteiger partial charge in [-0.25, -0.2) is 0 Å². The minimum Gasteiger partial charge on any atom is -0.370 e. The van der Waals surface area contributed by atoms with E-state index in [2.05, 4.69) is 0 Å². The molecule has 106 valence electrons. The standard InChI is InChI=1S/C13H15N3O4/c14-13(18)9-2-1-5-15(7-9)12-4-3-11(16(19)20)6-10(12)8-17/h3-4,6,8-9H,1-2,5,7H2,(H2,14,18). The largest absolute Gasteiger partial charge is 0.370 e. The van der Waals surface area contributed by atoms with Crippen LogP contribution in [0.5, 0.6) is 0 Å². The van der Waals surface area contributed by atoms with Crippen LogP contribution in [0.4, 0.5) is 11.4 Å². The van der Waals surface area contributed by atoms with E-state index in [4.69, 9.17) is 5.73 Å². The van der Waals surface area contributed by atoms with Gasteiger partial charge in [-0.3, -0.25) is 19.7 Å². The number of hydrogen-bond donors (Lipinski definition) is 1. The first-order chi connectivity index (χ1) is 9.52. The second-order valence-electron chi connectivity index (χ2n) is 4.81. The highest BCUT2D eigenvalue weighted by Gasteiger charge is 2.25. The number of aldehydes is 1. The van der Waals surface area contributed by atoms with Gasteiger partial charge >= 0.3 is 0 Å². The number of nitro benzene ring substituents is 1. The Morgan fingerprint density at radius 2 is 2.25 bits per heavy atom.